The Morgan fingerprint density at radius 3 is 2.59 bits per heavy atom. The lowest BCUT2D eigenvalue weighted by Gasteiger charge is -2.62. The van der Waals surface area contributed by atoms with Crippen molar-refractivity contribution in [3.05, 3.63) is 72.1 Å². The Balaban J connectivity index is 0.920. The van der Waals surface area contributed by atoms with Gasteiger partial charge in [0.05, 0.1) is 36.1 Å². The number of carbonyl (C=O) groups excluding carboxylic acids is 1. The van der Waals surface area contributed by atoms with Crippen LogP contribution in [0, 0.1) is 11.2 Å². The van der Waals surface area contributed by atoms with Crippen LogP contribution in [0.4, 0.5) is 10.1 Å². The summed E-state index contributed by atoms with van der Waals surface area (Å²) in [5.41, 5.74) is 3.39. The molecule has 3 aliphatic rings. The zero-order valence-corrected chi connectivity index (χ0v) is 23.1. The molecule has 0 amide bonds. The van der Waals surface area contributed by atoms with Gasteiger partial charge in [0.25, 0.3) is 0 Å². The molecular formula is C31H33FN6O3. The number of pyridine rings is 2. The number of hydrogen-bond acceptors (Lipinski definition) is 8. The van der Waals surface area contributed by atoms with E-state index in [1.807, 2.05) is 24.3 Å². The van der Waals surface area contributed by atoms with Crippen LogP contribution in [0.5, 0.6) is 17.2 Å². The maximum absolute atomic E-state index is 14.0. The third-order valence-electron chi connectivity index (χ3n) is 8.90. The number of rotatable bonds is 8. The summed E-state index contributed by atoms with van der Waals surface area (Å²) in [5, 5.41) is 0.353. The molecule has 7 rings (SSSR count). The number of fused-ring (bicyclic) bond motifs is 1. The molecule has 9 nitrogen and oxygen atoms in total. The lowest BCUT2D eigenvalue weighted by Crippen LogP contribution is -2.68. The quantitative estimate of drug-likeness (QED) is 0.318. The molecule has 5 heterocycles. The number of aromatic amines is 1. The summed E-state index contributed by atoms with van der Waals surface area (Å²) in [4.78, 5) is 30.7. The molecular weight excluding hydrogens is 523 g/mol. The number of H-pyrrole nitrogens is 1. The van der Waals surface area contributed by atoms with Crippen LogP contribution in [0.3, 0.4) is 0 Å². The summed E-state index contributed by atoms with van der Waals surface area (Å²) in [6.07, 6.45) is 7.83. The first-order valence-electron chi connectivity index (χ1n) is 14.1. The van der Waals surface area contributed by atoms with Crippen LogP contribution < -0.4 is 14.4 Å². The Morgan fingerprint density at radius 1 is 1.05 bits per heavy atom. The van der Waals surface area contributed by atoms with Gasteiger partial charge in [-0.1, -0.05) is 0 Å². The molecule has 1 saturated carbocycles. The van der Waals surface area contributed by atoms with E-state index in [2.05, 4.69) is 29.7 Å². The fourth-order valence-electron chi connectivity index (χ4n) is 6.58. The van der Waals surface area contributed by atoms with Crippen LogP contribution in [-0.2, 0) is 6.54 Å². The molecule has 0 unspecified atom stereocenters. The smallest absolute Gasteiger partial charge is 0.153 e. The van der Waals surface area contributed by atoms with E-state index >= 15 is 0 Å². The normalized spacial score (nSPS) is 19.2. The van der Waals surface area contributed by atoms with Crippen LogP contribution in [0.25, 0.3) is 11.0 Å². The summed E-state index contributed by atoms with van der Waals surface area (Å²) in [6.45, 7) is 7.22. The van der Waals surface area contributed by atoms with Crippen LogP contribution in [0.2, 0.25) is 0 Å². The van der Waals surface area contributed by atoms with Crippen molar-refractivity contribution >= 4 is 23.0 Å². The van der Waals surface area contributed by atoms with E-state index < -0.39 is 0 Å². The minimum atomic E-state index is -0.389. The number of aldehydes is 1. The zero-order valence-electron chi connectivity index (χ0n) is 23.1. The second-order valence-corrected chi connectivity index (χ2v) is 11.6. The Labute approximate surface area is 237 Å². The summed E-state index contributed by atoms with van der Waals surface area (Å²) in [7, 11) is 1.66. The predicted molar refractivity (Wildman–Crippen MR) is 153 cm³/mol. The van der Waals surface area contributed by atoms with Crippen molar-refractivity contribution in [2.75, 3.05) is 51.3 Å². The number of nitrogens with one attached hydrogen (secondary N) is 1. The molecule has 1 spiro atoms. The van der Waals surface area contributed by atoms with Crippen molar-refractivity contribution in [2.45, 2.75) is 25.4 Å². The Hall–Kier alpha value is -4.02. The minimum absolute atomic E-state index is 0.353. The molecule has 3 fully saturated rings. The minimum Gasteiger partial charge on any atom is -0.495 e. The summed E-state index contributed by atoms with van der Waals surface area (Å²) < 4.78 is 25.2. The second kappa shape index (κ2) is 10.4. The molecule has 10 heteroatoms. The first-order chi connectivity index (χ1) is 20.0. The Morgan fingerprint density at radius 2 is 1.85 bits per heavy atom. The molecule has 41 heavy (non-hydrogen) atoms. The van der Waals surface area contributed by atoms with Gasteiger partial charge in [-0.15, -0.1) is 0 Å². The lowest BCUT2D eigenvalue weighted by molar-refractivity contribution is -0.0381. The number of ether oxygens (including phenoxy) is 2. The van der Waals surface area contributed by atoms with E-state index in [1.165, 1.54) is 25.2 Å². The third kappa shape index (κ3) is 5.02. The van der Waals surface area contributed by atoms with Gasteiger partial charge in [-0.3, -0.25) is 19.6 Å². The summed E-state index contributed by atoms with van der Waals surface area (Å²) in [6, 6.07) is 11.9. The van der Waals surface area contributed by atoms with Gasteiger partial charge in [-0.05, 0) is 43.2 Å². The van der Waals surface area contributed by atoms with Gasteiger partial charge in [0, 0.05) is 75.2 Å². The van der Waals surface area contributed by atoms with Gasteiger partial charge >= 0.3 is 0 Å². The van der Waals surface area contributed by atoms with Crippen molar-refractivity contribution in [1.82, 2.24) is 24.8 Å². The number of carbonyl (C=O) groups is 1. The van der Waals surface area contributed by atoms with E-state index in [-0.39, 0.29) is 5.82 Å². The first-order valence-corrected chi connectivity index (χ1v) is 14.1. The highest BCUT2D eigenvalue weighted by Crippen LogP contribution is 2.52. The third-order valence-corrected chi connectivity index (χ3v) is 8.90. The number of benzene rings is 1. The predicted octanol–water partition coefficient (Wildman–Crippen LogP) is 4.50. The monoisotopic (exact) mass is 556 g/mol. The van der Waals surface area contributed by atoms with Crippen molar-refractivity contribution in [1.29, 1.82) is 0 Å². The zero-order chi connectivity index (χ0) is 28.0. The molecule has 0 radical (unpaired) electrons. The molecule has 0 bridgehead atoms. The largest absolute Gasteiger partial charge is 0.495 e. The number of halogens is 1. The molecule has 0 atom stereocenters. The Bertz CT molecular complexity index is 1550. The molecule has 1 aromatic carbocycles. The van der Waals surface area contributed by atoms with E-state index in [1.54, 1.807) is 25.4 Å². The van der Waals surface area contributed by atoms with Gasteiger partial charge < -0.3 is 19.4 Å². The van der Waals surface area contributed by atoms with Gasteiger partial charge in [0.1, 0.15) is 28.7 Å². The van der Waals surface area contributed by atoms with Crippen molar-refractivity contribution in [2.24, 2.45) is 5.41 Å². The standard InChI is InChI=1S/C31H33FN6O3/c1-40-25-5-3-22(33-14-25)17-36-6-8-37(9-7-36)24-12-31(13-24)19-38(20-31)23-4-2-21(18-39)29(10-23)41-26-11-27-28(32)16-35-30(27)34-15-26/h2-5,10-11,14-16,18,24H,6-9,12-13,17,19-20H2,1H3,(H,34,35). The number of hydrogen-bond donors (Lipinski definition) is 1. The van der Waals surface area contributed by atoms with Gasteiger partial charge in [-0.25, -0.2) is 9.37 Å². The van der Waals surface area contributed by atoms with E-state index in [9.17, 15) is 9.18 Å². The highest BCUT2D eigenvalue weighted by Gasteiger charge is 2.54. The lowest BCUT2D eigenvalue weighted by atomic mass is 9.60. The number of methoxy groups -OCH3 is 1. The Kier molecular flexibility index (Phi) is 6.59. The fraction of sp³-hybridized carbons (Fsp3) is 0.387. The number of aromatic nitrogens is 3. The SMILES string of the molecule is COc1ccc(CN2CCN(C3CC4(C3)CN(c3ccc(C=O)c(Oc5cnc6[nH]cc(F)c6c5)c3)C4)CC2)nc1. The van der Waals surface area contributed by atoms with Crippen molar-refractivity contribution in [3.8, 4) is 17.2 Å². The van der Waals surface area contributed by atoms with E-state index in [0.717, 1.165) is 69.2 Å². The summed E-state index contributed by atoms with van der Waals surface area (Å²) >= 11 is 0. The van der Waals surface area contributed by atoms with Crippen LogP contribution in [-0.4, -0.2) is 83.5 Å². The highest BCUT2D eigenvalue weighted by atomic mass is 19.1. The number of piperazine rings is 1. The maximum atomic E-state index is 14.0. The maximum Gasteiger partial charge on any atom is 0.153 e. The van der Waals surface area contributed by atoms with Crippen LogP contribution >= 0.6 is 0 Å². The molecule has 2 saturated heterocycles. The molecule has 1 N–H and O–H groups in total. The molecule has 2 aliphatic heterocycles. The van der Waals surface area contributed by atoms with Crippen molar-refractivity contribution in [3.63, 3.8) is 0 Å². The molecule has 1 aliphatic carbocycles. The second-order valence-electron chi connectivity index (χ2n) is 11.6. The van der Waals surface area contributed by atoms with Gasteiger partial charge in [0.2, 0.25) is 0 Å². The summed E-state index contributed by atoms with van der Waals surface area (Å²) in [5.74, 6) is 1.24. The molecule has 212 valence electrons. The average Bonchev–Trinajstić information content (AvgIpc) is 3.33. The van der Waals surface area contributed by atoms with Gasteiger partial charge in [0.15, 0.2) is 6.29 Å². The molecule has 4 aromatic rings. The van der Waals surface area contributed by atoms with Crippen LogP contribution in [0.15, 0.2) is 55.0 Å². The average molecular weight is 557 g/mol. The van der Waals surface area contributed by atoms with E-state index in [0.29, 0.717) is 39.6 Å². The first kappa shape index (κ1) is 25.9. The van der Waals surface area contributed by atoms with Gasteiger partial charge in [-0.2, -0.15) is 0 Å². The number of anilines is 1. The fourth-order valence-corrected chi connectivity index (χ4v) is 6.58. The topological polar surface area (TPSA) is 86.8 Å². The van der Waals surface area contributed by atoms with E-state index in [4.69, 9.17) is 9.47 Å². The van der Waals surface area contributed by atoms with Crippen LogP contribution in [0.1, 0.15) is 28.9 Å². The number of nitrogens with zero attached hydrogens (tertiary/aromatic N) is 5. The highest BCUT2D eigenvalue weighted by molar-refractivity contribution is 5.82. The molecule has 3 aromatic heterocycles. The van der Waals surface area contributed by atoms with Crippen molar-refractivity contribution < 1.29 is 18.7 Å².